The lowest BCUT2D eigenvalue weighted by Gasteiger charge is -2.26. The number of rotatable bonds is 3. The van der Waals surface area contributed by atoms with Gasteiger partial charge in [-0.1, -0.05) is 0 Å². The smallest absolute Gasteiger partial charge is 0.0194 e. The molecule has 0 amide bonds. The van der Waals surface area contributed by atoms with E-state index in [4.69, 9.17) is 5.73 Å². The van der Waals surface area contributed by atoms with Crippen molar-refractivity contribution in [3.8, 4) is 0 Å². The number of nitrogens with two attached hydrogens (primary N) is 1. The highest BCUT2D eigenvalue weighted by Gasteiger charge is 2.19. The van der Waals surface area contributed by atoms with Gasteiger partial charge in [-0.05, 0) is 37.3 Å². The quantitative estimate of drug-likeness (QED) is 0.660. The van der Waals surface area contributed by atoms with Crippen LogP contribution in [0.1, 0.15) is 12.8 Å². The Kier molecular flexibility index (Phi) is 4.26. The number of thioether (sulfide) groups is 1. The van der Waals surface area contributed by atoms with Gasteiger partial charge in [-0.15, -0.1) is 0 Å². The molecule has 0 aromatic rings. The molecule has 0 radical (unpaired) electrons. The van der Waals surface area contributed by atoms with Crippen LogP contribution in [0.5, 0.6) is 0 Å². The molecule has 0 aromatic heterocycles. The summed E-state index contributed by atoms with van der Waals surface area (Å²) < 4.78 is 0. The first-order chi connectivity index (χ1) is 5.34. The van der Waals surface area contributed by atoms with Gasteiger partial charge in [-0.2, -0.15) is 11.8 Å². The minimum absolute atomic E-state index is 0.376. The molecule has 66 valence electrons. The summed E-state index contributed by atoms with van der Waals surface area (Å²) >= 11 is 2.06. The van der Waals surface area contributed by atoms with Gasteiger partial charge < -0.3 is 11.1 Å². The summed E-state index contributed by atoms with van der Waals surface area (Å²) in [6.45, 7) is 0.968. The molecular weight excluding hydrogens is 156 g/mol. The van der Waals surface area contributed by atoms with Gasteiger partial charge in [-0.3, -0.25) is 0 Å². The first-order valence-electron chi connectivity index (χ1n) is 4.32. The predicted molar refractivity (Wildman–Crippen MR) is 52.0 cm³/mol. The second kappa shape index (κ2) is 5.01. The van der Waals surface area contributed by atoms with Gasteiger partial charge in [0, 0.05) is 12.6 Å². The molecule has 1 unspecified atom stereocenters. The SMILES string of the molecule is CNCC(N)C1CCSCC1. The molecule has 0 aliphatic carbocycles. The minimum Gasteiger partial charge on any atom is -0.326 e. The predicted octanol–water partition coefficient (Wildman–Crippen LogP) is 0.676. The van der Waals surface area contributed by atoms with Crippen molar-refractivity contribution in [2.24, 2.45) is 11.7 Å². The van der Waals surface area contributed by atoms with Gasteiger partial charge in [0.25, 0.3) is 0 Å². The molecule has 0 aromatic carbocycles. The van der Waals surface area contributed by atoms with E-state index in [9.17, 15) is 0 Å². The van der Waals surface area contributed by atoms with E-state index >= 15 is 0 Å². The molecule has 1 aliphatic rings. The number of hydrogen-bond donors (Lipinski definition) is 2. The zero-order valence-electron chi connectivity index (χ0n) is 7.18. The standard InChI is InChI=1S/C8H18N2S/c1-10-6-8(9)7-2-4-11-5-3-7/h7-8,10H,2-6,9H2,1H3. The van der Waals surface area contributed by atoms with Crippen LogP contribution in [0, 0.1) is 5.92 Å². The molecule has 3 heteroatoms. The Labute approximate surface area is 73.3 Å². The molecule has 1 heterocycles. The van der Waals surface area contributed by atoms with Gasteiger partial charge >= 0.3 is 0 Å². The molecule has 3 N–H and O–H groups in total. The van der Waals surface area contributed by atoms with Crippen LogP contribution in [0.15, 0.2) is 0 Å². The van der Waals surface area contributed by atoms with Crippen molar-refractivity contribution in [3.05, 3.63) is 0 Å². The van der Waals surface area contributed by atoms with Crippen molar-refractivity contribution in [2.45, 2.75) is 18.9 Å². The van der Waals surface area contributed by atoms with E-state index in [0.29, 0.717) is 6.04 Å². The average molecular weight is 174 g/mol. The Bertz CT molecular complexity index is 102. The Morgan fingerprint density at radius 2 is 2.18 bits per heavy atom. The Balaban J connectivity index is 2.21. The van der Waals surface area contributed by atoms with Crippen LogP contribution in [-0.4, -0.2) is 31.1 Å². The largest absolute Gasteiger partial charge is 0.326 e. The minimum atomic E-state index is 0.376. The third-order valence-corrected chi connectivity index (χ3v) is 3.36. The van der Waals surface area contributed by atoms with E-state index in [1.54, 1.807) is 0 Å². The summed E-state index contributed by atoms with van der Waals surface area (Å²) in [5.74, 6) is 3.38. The third kappa shape index (κ3) is 3.01. The van der Waals surface area contributed by atoms with Gasteiger partial charge in [0.2, 0.25) is 0 Å². The molecule has 0 spiro atoms. The molecule has 1 fully saturated rings. The zero-order chi connectivity index (χ0) is 8.10. The maximum absolute atomic E-state index is 5.99. The van der Waals surface area contributed by atoms with Gasteiger partial charge in [0.05, 0.1) is 0 Å². The molecule has 1 atom stereocenters. The van der Waals surface area contributed by atoms with E-state index in [1.165, 1.54) is 24.3 Å². The fraction of sp³-hybridized carbons (Fsp3) is 1.00. The summed E-state index contributed by atoms with van der Waals surface area (Å²) in [5.41, 5.74) is 5.99. The summed E-state index contributed by atoms with van der Waals surface area (Å²) in [6, 6.07) is 0.376. The maximum atomic E-state index is 5.99. The lowest BCUT2D eigenvalue weighted by atomic mass is 9.94. The van der Waals surface area contributed by atoms with Crippen LogP contribution in [0.3, 0.4) is 0 Å². The highest BCUT2D eigenvalue weighted by atomic mass is 32.2. The molecule has 1 saturated heterocycles. The van der Waals surface area contributed by atoms with Crippen LogP contribution in [-0.2, 0) is 0 Å². The van der Waals surface area contributed by atoms with Gasteiger partial charge in [-0.25, -0.2) is 0 Å². The summed E-state index contributed by atoms with van der Waals surface area (Å²) in [5, 5.41) is 3.13. The van der Waals surface area contributed by atoms with E-state index in [1.807, 2.05) is 7.05 Å². The number of hydrogen-bond acceptors (Lipinski definition) is 3. The zero-order valence-corrected chi connectivity index (χ0v) is 7.99. The molecular formula is C8H18N2S. The maximum Gasteiger partial charge on any atom is 0.0194 e. The fourth-order valence-electron chi connectivity index (χ4n) is 1.55. The van der Waals surface area contributed by atoms with Crippen LogP contribution in [0.25, 0.3) is 0 Å². The number of nitrogens with one attached hydrogen (secondary N) is 1. The first kappa shape index (κ1) is 9.36. The lowest BCUT2D eigenvalue weighted by Crippen LogP contribution is -2.40. The van der Waals surface area contributed by atoms with Crippen molar-refractivity contribution in [1.82, 2.24) is 5.32 Å². The Morgan fingerprint density at radius 3 is 2.73 bits per heavy atom. The van der Waals surface area contributed by atoms with Crippen molar-refractivity contribution in [3.63, 3.8) is 0 Å². The molecule has 1 aliphatic heterocycles. The van der Waals surface area contributed by atoms with Gasteiger partial charge in [0.1, 0.15) is 0 Å². The van der Waals surface area contributed by atoms with Crippen molar-refractivity contribution < 1.29 is 0 Å². The molecule has 0 saturated carbocycles. The topological polar surface area (TPSA) is 38.0 Å². The van der Waals surface area contributed by atoms with E-state index in [-0.39, 0.29) is 0 Å². The van der Waals surface area contributed by atoms with Crippen LogP contribution >= 0.6 is 11.8 Å². The third-order valence-electron chi connectivity index (χ3n) is 2.31. The monoisotopic (exact) mass is 174 g/mol. The fourth-order valence-corrected chi connectivity index (χ4v) is 2.69. The van der Waals surface area contributed by atoms with Crippen LogP contribution in [0.2, 0.25) is 0 Å². The Hall–Kier alpha value is 0.270. The van der Waals surface area contributed by atoms with Crippen molar-refractivity contribution >= 4 is 11.8 Å². The summed E-state index contributed by atoms with van der Waals surface area (Å²) in [7, 11) is 1.97. The van der Waals surface area contributed by atoms with Crippen molar-refractivity contribution in [2.75, 3.05) is 25.1 Å². The van der Waals surface area contributed by atoms with Crippen molar-refractivity contribution in [1.29, 1.82) is 0 Å². The molecule has 1 rings (SSSR count). The van der Waals surface area contributed by atoms with E-state index in [2.05, 4.69) is 17.1 Å². The molecule has 2 nitrogen and oxygen atoms in total. The molecule has 0 bridgehead atoms. The molecule has 11 heavy (non-hydrogen) atoms. The summed E-state index contributed by atoms with van der Waals surface area (Å²) in [6.07, 6.45) is 2.63. The lowest BCUT2D eigenvalue weighted by molar-refractivity contribution is 0.385. The van der Waals surface area contributed by atoms with Crippen LogP contribution in [0.4, 0.5) is 0 Å². The van der Waals surface area contributed by atoms with Gasteiger partial charge in [0.15, 0.2) is 0 Å². The van der Waals surface area contributed by atoms with E-state index in [0.717, 1.165) is 12.5 Å². The number of likely N-dealkylation sites (N-methyl/N-ethyl adjacent to an activating group) is 1. The average Bonchev–Trinajstić information content (AvgIpc) is 2.07. The first-order valence-corrected chi connectivity index (χ1v) is 5.48. The highest BCUT2D eigenvalue weighted by molar-refractivity contribution is 7.99. The second-order valence-electron chi connectivity index (χ2n) is 3.17. The Morgan fingerprint density at radius 1 is 1.55 bits per heavy atom. The summed E-state index contributed by atoms with van der Waals surface area (Å²) in [4.78, 5) is 0. The normalized spacial score (nSPS) is 23.5. The van der Waals surface area contributed by atoms with Crippen LogP contribution < -0.4 is 11.1 Å². The second-order valence-corrected chi connectivity index (χ2v) is 4.40. The van der Waals surface area contributed by atoms with E-state index < -0.39 is 0 Å². The highest BCUT2D eigenvalue weighted by Crippen LogP contribution is 2.24.